The van der Waals surface area contributed by atoms with Gasteiger partial charge >= 0.3 is 11.5 Å². The zero-order valence-corrected chi connectivity index (χ0v) is 12.6. The molecule has 1 aromatic heterocycles. The van der Waals surface area contributed by atoms with Gasteiger partial charge in [-0.05, 0) is 5.56 Å². The first-order valence-corrected chi connectivity index (χ1v) is 6.60. The van der Waals surface area contributed by atoms with Crippen molar-refractivity contribution < 1.29 is 27.0 Å². The maximum absolute atomic E-state index is 11.6. The van der Waals surface area contributed by atoms with Gasteiger partial charge in [0.05, 0.1) is 0 Å². The van der Waals surface area contributed by atoms with Crippen LogP contribution in [0.3, 0.4) is 0 Å². The van der Waals surface area contributed by atoms with Crippen LogP contribution in [0.2, 0.25) is 0 Å². The van der Waals surface area contributed by atoms with Crippen LogP contribution in [0.4, 0.5) is 5.82 Å². The maximum atomic E-state index is 11.6. The zero-order valence-electron chi connectivity index (χ0n) is 11.9. The van der Waals surface area contributed by atoms with Crippen LogP contribution in [0.5, 0.6) is 0 Å². The number of anilines is 1. The summed E-state index contributed by atoms with van der Waals surface area (Å²) in [6.07, 6.45) is 4.07. The van der Waals surface area contributed by atoms with Crippen molar-refractivity contribution in [3.05, 3.63) is 47.7 Å². The highest BCUT2D eigenvalue weighted by molar-refractivity contribution is 5.95. The van der Waals surface area contributed by atoms with Crippen molar-refractivity contribution in [3.63, 3.8) is 0 Å². The Morgan fingerprint density at radius 1 is 1.32 bits per heavy atom. The lowest BCUT2D eigenvalue weighted by Gasteiger charge is -2.02. The van der Waals surface area contributed by atoms with E-state index in [-0.39, 0.29) is 29.8 Å². The SMILES string of the molecule is Nc1[nH+]onc1C(=O)NCCNCC=Cc1ccccc1.[Cl-]. The zero-order chi connectivity index (χ0) is 14.9. The first-order valence-electron chi connectivity index (χ1n) is 6.60. The fraction of sp³-hybridized carbons (Fsp3) is 0.214. The van der Waals surface area contributed by atoms with E-state index in [4.69, 9.17) is 5.73 Å². The third kappa shape index (κ3) is 5.55. The molecule has 0 bridgehead atoms. The second-order valence-electron chi connectivity index (χ2n) is 4.32. The molecule has 0 fully saturated rings. The number of rotatable bonds is 7. The summed E-state index contributed by atoms with van der Waals surface area (Å²) >= 11 is 0. The Balaban J connectivity index is 0.00000242. The lowest BCUT2D eigenvalue weighted by molar-refractivity contribution is -0.610. The van der Waals surface area contributed by atoms with Gasteiger partial charge in [0.25, 0.3) is 5.91 Å². The number of amides is 1. The number of aromatic amines is 1. The molecule has 1 amide bonds. The number of carbonyl (C=O) groups excluding carboxylic acids is 1. The van der Waals surface area contributed by atoms with Crippen molar-refractivity contribution in [2.24, 2.45) is 0 Å². The number of nitrogen functional groups attached to an aromatic ring is 1. The van der Waals surface area contributed by atoms with Gasteiger partial charge in [0.1, 0.15) is 5.16 Å². The average Bonchev–Trinajstić information content (AvgIpc) is 2.93. The highest BCUT2D eigenvalue weighted by atomic mass is 35.5. The number of benzene rings is 1. The minimum Gasteiger partial charge on any atom is -1.00 e. The van der Waals surface area contributed by atoms with Gasteiger partial charge in [0.2, 0.25) is 0 Å². The van der Waals surface area contributed by atoms with Crippen molar-refractivity contribution in [3.8, 4) is 0 Å². The maximum Gasteiger partial charge on any atom is 0.322 e. The fourth-order valence-electron chi connectivity index (χ4n) is 1.67. The molecule has 1 aromatic carbocycles. The van der Waals surface area contributed by atoms with Gasteiger partial charge in [-0.1, -0.05) is 47.6 Å². The normalized spacial score (nSPS) is 10.4. The lowest BCUT2D eigenvalue weighted by atomic mass is 10.2. The van der Waals surface area contributed by atoms with Gasteiger partial charge in [0, 0.05) is 19.6 Å². The monoisotopic (exact) mass is 323 g/mol. The van der Waals surface area contributed by atoms with Crippen molar-refractivity contribution >= 4 is 17.8 Å². The van der Waals surface area contributed by atoms with Crippen LogP contribution in [0.1, 0.15) is 16.1 Å². The molecule has 5 N–H and O–H groups in total. The third-order valence-electron chi connectivity index (χ3n) is 2.72. The molecule has 2 rings (SSSR count). The van der Waals surface area contributed by atoms with Crippen LogP contribution < -0.4 is 33.9 Å². The lowest BCUT2D eigenvalue weighted by Crippen LogP contribution is -3.00. The molecule has 2 aromatic rings. The number of H-pyrrole nitrogens is 1. The van der Waals surface area contributed by atoms with Gasteiger partial charge in [0.15, 0.2) is 0 Å². The molecule has 22 heavy (non-hydrogen) atoms. The molecule has 0 saturated heterocycles. The van der Waals surface area contributed by atoms with Crippen LogP contribution in [-0.2, 0) is 0 Å². The summed E-state index contributed by atoms with van der Waals surface area (Å²) in [5.41, 5.74) is 6.70. The van der Waals surface area contributed by atoms with Gasteiger partial charge in [-0.15, -0.1) is 4.63 Å². The van der Waals surface area contributed by atoms with Crippen molar-refractivity contribution in [1.82, 2.24) is 15.8 Å². The molecule has 0 atom stereocenters. The number of nitrogens with one attached hydrogen (secondary N) is 3. The Labute approximate surface area is 134 Å². The number of carbonyl (C=O) groups is 1. The topological polar surface area (TPSA) is 107 Å². The molecular weight excluding hydrogens is 306 g/mol. The Morgan fingerprint density at radius 3 is 2.77 bits per heavy atom. The summed E-state index contributed by atoms with van der Waals surface area (Å²) in [5, 5.41) is 11.6. The summed E-state index contributed by atoms with van der Waals surface area (Å²) in [6.45, 7) is 1.85. The summed E-state index contributed by atoms with van der Waals surface area (Å²) in [7, 11) is 0. The molecule has 0 aliphatic carbocycles. The standard InChI is InChI=1S/C14H17N5O2.ClH/c15-13-12(18-21-19-13)14(20)17-10-9-16-8-4-7-11-5-2-1-3-6-11;/h1-7,16H,8-10H2,(H2,15,19)(H,17,20);1H. The first-order chi connectivity index (χ1) is 10.3. The number of aromatic nitrogens is 2. The Morgan fingerprint density at radius 2 is 2.09 bits per heavy atom. The Bertz CT molecular complexity index is 600. The highest BCUT2D eigenvalue weighted by Crippen LogP contribution is 2.00. The van der Waals surface area contributed by atoms with E-state index in [1.807, 2.05) is 42.5 Å². The van der Waals surface area contributed by atoms with E-state index in [0.717, 1.165) is 12.1 Å². The van der Waals surface area contributed by atoms with Gasteiger partial charge in [-0.2, -0.15) is 0 Å². The molecule has 118 valence electrons. The van der Waals surface area contributed by atoms with Crippen molar-refractivity contribution in [2.75, 3.05) is 25.4 Å². The van der Waals surface area contributed by atoms with E-state index in [1.165, 1.54) is 0 Å². The molecule has 0 aliphatic heterocycles. The van der Waals surface area contributed by atoms with E-state index >= 15 is 0 Å². The smallest absolute Gasteiger partial charge is 0.322 e. The van der Waals surface area contributed by atoms with Gasteiger partial charge < -0.3 is 28.8 Å². The van der Waals surface area contributed by atoms with E-state index < -0.39 is 0 Å². The molecule has 1 heterocycles. The van der Waals surface area contributed by atoms with Gasteiger partial charge in [-0.3, -0.25) is 4.79 Å². The molecular formula is C14H18ClN5O2. The third-order valence-corrected chi connectivity index (χ3v) is 2.72. The minimum atomic E-state index is -0.362. The number of nitrogens with zero attached hydrogens (tertiary/aromatic N) is 1. The molecule has 7 nitrogen and oxygen atoms in total. The first kappa shape index (κ1) is 17.7. The summed E-state index contributed by atoms with van der Waals surface area (Å²) in [6, 6.07) is 10.1. The molecule has 0 aliphatic rings. The molecule has 0 radical (unpaired) electrons. The second-order valence-corrected chi connectivity index (χ2v) is 4.32. The molecule has 0 spiro atoms. The van der Waals surface area contributed by atoms with Gasteiger partial charge in [-0.25, -0.2) is 0 Å². The predicted octanol–water partition coefficient (Wildman–Crippen LogP) is -2.89. The minimum absolute atomic E-state index is 0. The van der Waals surface area contributed by atoms with Crippen LogP contribution in [-0.4, -0.2) is 30.7 Å². The molecule has 0 saturated carbocycles. The number of nitrogens with two attached hydrogens (primary N) is 1. The van der Waals surface area contributed by atoms with Crippen LogP contribution in [0.15, 0.2) is 41.0 Å². The predicted molar refractivity (Wildman–Crippen MR) is 78.2 cm³/mol. The highest BCUT2D eigenvalue weighted by Gasteiger charge is 2.21. The average molecular weight is 324 g/mol. The summed E-state index contributed by atoms with van der Waals surface area (Å²) < 4.78 is 4.48. The number of hydrogen-bond donors (Lipinski definition) is 3. The second kappa shape index (κ2) is 9.54. The van der Waals surface area contributed by atoms with Crippen LogP contribution in [0, 0.1) is 0 Å². The number of halogens is 1. The summed E-state index contributed by atoms with van der Waals surface area (Å²) in [5.74, 6) is -0.245. The summed E-state index contributed by atoms with van der Waals surface area (Å²) in [4.78, 5) is 11.6. The van der Waals surface area contributed by atoms with Crippen LogP contribution in [0.25, 0.3) is 6.08 Å². The Hall–Kier alpha value is -2.38. The fourth-order valence-corrected chi connectivity index (χ4v) is 1.67. The molecule has 8 heteroatoms. The van der Waals surface area contributed by atoms with Crippen molar-refractivity contribution in [1.29, 1.82) is 0 Å². The van der Waals surface area contributed by atoms with E-state index in [1.54, 1.807) is 0 Å². The largest absolute Gasteiger partial charge is 1.00 e. The number of hydrogen-bond acceptors (Lipinski definition) is 5. The quantitative estimate of drug-likeness (QED) is 0.474. The van der Waals surface area contributed by atoms with Crippen molar-refractivity contribution in [2.45, 2.75) is 0 Å². The van der Waals surface area contributed by atoms with E-state index in [0.29, 0.717) is 13.1 Å². The van der Waals surface area contributed by atoms with Crippen LogP contribution >= 0.6 is 0 Å². The Kier molecular flexibility index (Phi) is 7.66. The van der Waals surface area contributed by atoms with E-state index in [9.17, 15) is 4.79 Å². The molecule has 0 unspecified atom stereocenters. The van der Waals surface area contributed by atoms with E-state index in [2.05, 4.69) is 25.6 Å².